The summed E-state index contributed by atoms with van der Waals surface area (Å²) in [7, 11) is 0. The molecule has 0 unspecified atom stereocenters. The van der Waals surface area contributed by atoms with Gasteiger partial charge in [0.15, 0.2) is 0 Å². The molecule has 0 N–H and O–H groups in total. The van der Waals surface area contributed by atoms with Crippen LogP contribution in [0.1, 0.15) is 74.9 Å². The minimum Gasteiger partial charge on any atom is -0.0622 e. The molecule has 0 heteroatoms. The van der Waals surface area contributed by atoms with Crippen molar-refractivity contribution in [1.29, 1.82) is 0 Å². The molecule has 0 radical (unpaired) electrons. The Balaban J connectivity index is 0.837. The highest BCUT2D eigenvalue weighted by Gasteiger charge is 2.39. The molecule has 0 fully saturated rings. The predicted molar refractivity (Wildman–Crippen MR) is 301 cm³/mol. The second kappa shape index (κ2) is 15.0. The molecule has 14 rings (SSSR count). The maximum absolute atomic E-state index is 2.51. The zero-order chi connectivity index (χ0) is 48.0. The molecule has 0 spiro atoms. The lowest BCUT2D eigenvalue weighted by Gasteiger charge is -2.24. The predicted octanol–water partition coefficient (Wildman–Crippen LogP) is 19.2. The van der Waals surface area contributed by atoms with Gasteiger partial charge in [0.2, 0.25) is 0 Å². The molecule has 0 heterocycles. The lowest BCUT2D eigenvalue weighted by Crippen LogP contribution is -2.15. The lowest BCUT2D eigenvalue weighted by molar-refractivity contribution is 0.660. The van der Waals surface area contributed by atoms with Crippen LogP contribution in [0.5, 0.6) is 0 Å². The fraction of sp³-hybridized carbons (Fsp3) is 0.127. The molecule has 0 saturated carbocycles. The van der Waals surface area contributed by atoms with E-state index in [1.807, 2.05) is 0 Å². The molecule has 3 aliphatic rings. The van der Waals surface area contributed by atoms with Gasteiger partial charge in [0.25, 0.3) is 0 Å². The van der Waals surface area contributed by atoms with E-state index in [1.54, 1.807) is 0 Å². The van der Waals surface area contributed by atoms with Crippen LogP contribution in [-0.4, -0.2) is 0 Å². The molecule has 71 heavy (non-hydrogen) atoms. The molecule has 0 atom stereocenters. The van der Waals surface area contributed by atoms with Crippen molar-refractivity contribution in [2.24, 2.45) is 0 Å². The minimum atomic E-state index is -0.195. The van der Waals surface area contributed by atoms with Crippen LogP contribution < -0.4 is 0 Å². The lowest BCUT2D eigenvalue weighted by atomic mass is 9.79. The number of hydrogen-bond donors (Lipinski definition) is 0. The van der Waals surface area contributed by atoms with Gasteiger partial charge in [0, 0.05) is 16.2 Å². The van der Waals surface area contributed by atoms with Crippen molar-refractivity contribution in [3.63, 3.8) is 0 Å². The maximum Gasteiger partial charge on any atom is 0.0159 e. The number of benzene rings is 11. The van der Waals surface area contributed by atoms with Crippen LogP contribution in [0, 0.1) is 0 Å². The first-order valence-electron chi connectivity index (χ1n) is 25.4. The molecule has 0 bridgehead atoms. The highest BCUT2D eigenvalue weighted by molar-refractivity contribution is 6.21. The average molecular weight is 907 g/mol. The minimum absolute atomic E-state index is 0.112. The first-order chi connectivity index (χ1) is 34.5. The van der Waals surface area contributed by atoms with E-state index >= 15 is 0 Å². The second-order valence-corrected chi connectivity index (χ2v) is 22.0. The summed E-state index contributed by atoms with van der Waals surface area (Å²) in [6, 6.07) is 82.8. The van der Waals surface area contributed by atoms with Crippen molar-refractivity contribution >= 4 is 21.5 Å². The van der Waals surface area contributed by atoms with Gasteiger partial charge < -0.3 is 0 Å². The van der Waals surface area contributed by atoms with Crippen LogP contribution in [0.25, 0.3) is 111 Å². The Morgan fingerprint density at radius 1 is 0.197 bits per heavy atom. The van der Waals surface area contributed by atoms with Gasteiger partial charge in [-0.3, -0.25) is 0 Å². The van der Waals surface area contributed by atoms with Crippen LogP contribution in [0.2, 0.25) is 0 Å². The molecule has 0 aromatic heterocycles. The van der Waals surface area contributed by atoms with Gasteiger partial charge >= 0.3 is 0 Å². The third kappa shape index (κ3) is 6.04. The SMILES string of the molecule is CC1(C)c2cc(-c3ccccc3)ccc2-c2ccc(-c3ccc4c(c3)C(C)(C)c3cc(-c5c6ccccc6c(-c6ccc7c(c6)C(C)(C)c6cc(-c8ccccc8)ccc6-7)c6ccccc56)ccc3-4)cc21. The third-order valence-electron chi connectivity index (χ3n) is 17.1. The van der Waals surface area contributed by atoms with Crippen molar-refractivity contribution < 1.29 is 0 Å². The highest BCUT2D eigenvalue weighted by atomic mass is 14.4. The molecule has 0 nitrogen and oxygen atoms in total. The number of hydrogen-bond acceptors (Lipinski definition) is 0. The molecule has 11 aromatic rings. The normalized spacial score (nSPS) is 15.0. The van der Waals surface area contributed by atoms with E-state index in [2.05, 4.69) is 260 Å². The van der Waals surface area contributed by atoms with E-state index < -0.39 is 0 Å². The van der Waals surface area contributed by atoms with Gasteiger partial charge in [-0.25, -0.2) is 0 Å². The topological polar surface area (TPSA) is 0 Å². The summed E-state index contributed by atoms with van der Waals surface area (Å²) in [5.41, 5.74) is 28.7. The van der Waals surface area contributed by atoms with Crippen LogP contribution in [0.4, 0.5) is 0 Å². The van der Waals surface area contributed by atoms with Crippen LogP contribution in [0.3, 0.4) is 0 Å². The summed E-state index contributed by atoms with van der Waals surface area (Å²) < 4.78 is 0. The standard InChI is InChI=1S/C71H54/c1-69(2)61-37-45(43-17-9-7-10-18-43)25-31-51(61)53-33-27-47(39-63(53)69)48-28-34-54-56-36-30-50(42-66(56)71(5,6)64(54)40-48)68-59-23-15-13-21-57(59)67(58-22-14-16-24-60(58)68)49-29-35-55-52-32-26-46(44-19-11-8-12-20-44)38-62(52)70(3,4)65(55)41-49/h7-42H,1-6H3. The molecule has 0 aliphatic heterocycles. The van der Waals surface area contributed by atoms with E-state index in [4.69, 9.17) is 0 Å². The summed E-state index contributed by atoms with van der Waals surface area (Å²) in [4.78, 5) is 0. The monoisotopic (exact) mass is 906 g/mol. The van der Waals surface area contributed by atoms with Crippen molar-refractivity contribution in [2.45, 2.75) is 57.8 Å². The molecule has 11 aromatic carbocycles. The zero-order valence-corrected chi connectivity index (χ0v) is 41.3. The summed E-state index contributed by atoms with van der Waals surface area (Å²) in [5.74, 6) is 0. The highest BCUT2D eigenvalue weighted by Crippen LogP contribution is 2.56. The van der Waals surface area contributed by atoms with E-state index in [0.717, 1.165) is 0 Å². The average Bonchev–Trinajstić information content (AvgIpc) is 3.88. The second-order valence-electron chi connectivity index (χ2n) is 22.0. The Bertz CT molecular complexity index is 3990. The van der Waals surface area contributed by atoms with E-state index in [0.29, 0.717) is 0 Å². The Morgan fingerprint density at radius 3 is 0.676 bits per heavy atom. The summed E-state index contributed by atoms with van der Waals surface area (Å²) >= 11 is 0. The van der Waals surface area contributed by atoms with Crippen LogP contribution in [-0.2, 0) is 16.2 Å². The Kier molecular flexibility index (Phi) is 8.83. The fourth-order valence-electron chi connectivity index (χ4n) is 13.3. The first-order valence-corrected chi connectivity index (χ1v) is 25.4. The first kappa shape index (κ1) is 41.9. The van der Waals surface area contributed by atoms with Crippen LogP contribution in [0.15, 0.2) is 218 Å². The number of rotatable bonds is 5. The Hall–Kier alpha value is -8.06. The molecule has 0 saturated heterocycles. The quantitative estimate of drug-likeness (QED) is 0.151. The van der Waals surface area contributed by atoms with Gasteiger partial charge in [-0.15, -0.1) is 0 Å². The van der Waals surface area contributed by atoms with Crippen LogP contribution >= 0.6 is 0 Å². The van der Waals surface area contributed by atoms with Crippen molar-refractivity contribution in [3.05, 3.63) is 252 Å². The van der Waals surface area contributed by atoms with Crippen molar-refractivity contribution in [1.82, 2.24) is 0 Å². The Morgan fingerprint density at radius 2 is 0.408 bits per heavy atom. The summed E-state index contributed by atoms with van der Waals surface area (Å²) in [6.45, 7) is 14.4. The maximum atomic E-state index is 2.51. The zero-order valence-electron chi connectivity index (χ0n) is 41.3. The molecule has 3 aliphatic carbocycles. The number of fused-ring (bicyclic) bond motifs is 11. The summed E-state index contributed by atoms with van der Waals surface area (Å²) in [6.07, 6.45) is 0. The Labute approximate surface area is 418 Å². The fourth-order valence-corrected chi connectivity index (χ4v) is 13.3. The third-order valence-corrected chi connectivity index (χ3v) is 17.1. The molecular formula is C71H54. The van der Waals surface area contributed by atoms with Gasteiger partial charge in [-0.1, -0.05) is 224 Å². The molecule has 338 valence electrons. The van der Waals surface area contributed by atoms with Gasteiger partial charge in [0.1, 0.15) is 0 Å². The van der Waals surface area contributed by atoms with Gasteiger partial charge in [0.05, 0.1) is 0 Å². The van der Waals surface area contributed by atoms with Crippen molar-refractivity contribution in [3.8, 4) is 89.0 Å². The smallest absolute Gasteiger partial charge is 0.0159 e. The van der Waals surface area contributed by atoms with E-state index in [9.17, 15) is 0 Å². The summed E-state index contributed by atoms with van der Waals surface area (Å²) in [5, 5.41) is 5.13. The van der Waals surface area contributed by atoms with Gasteiger partial charge in [-0.2, -0.15) is 0 Å². The largest absolute Gasteiger partial charge is 0.0622 e. The molecule has 0 amide bonds. The van der Waals surface area contributed by atoms with E-state index in [1.165, 1.54) is 144 Å². The van der Waals surface area contributed by atoms with E-state index in [-0.39, 0.29) is 16.2 Å². The van der Waals surface area contributed by atoms with Crippen molar-refractivity contribution in [2.75, 3.05) is 0 Å². The molecular weight excluding hydrogens is 853 g/mol. The van der Waals surface area contributed by atoms with Gasteiger partial charge in [-0.05, 0) is 180 Å².